The minimum absolute atomic E-state index is 0.000975. The number of carbonyl (C=O) groups is 1. The molecule has 1 aliphatic carbocycles. The van der Waals surface area contributed by atoms with Crippen molar-refractivity contribution < 1.29 is 43.1 Å². The molecule has 1 N–H and O–H groups in total. The molecule has 0 fully saturated rings. The topological polar surface area (TPSA) is 102 Å². The fourth-order valence-corrected chi connectivity index (χ4v) is 5.43. The maximum absolute atomic E-state index is 13.3. The summed E-state index contributed by atoms with van der Waals surface area (Å²) in [5, 5.41) is 12.0. The monoisotopic (exact) mass is 520 g/mol. The second-order valence-corrected chi connectivity index (χ2v) is 9.77. The highest BCUT2D eigenvalue weighted by molar-refractivity contribution is 5.91. The number of hydrogen-bond acceptors (Lipinski definition) is 9. The van der Waals surface area contributed by atoms with Crippen molar-refractivity contribution in [3.8, 4) is 45.6 Å². The summed E-state index contributed by atoms with van der Waals surface area (Å²) >= 11 is 0. The lowest BCUT2D eigenvalue weighted by Gasteiger charge is -2.41. The summed E-state index contributed by atoms with van der Waals surface area (Å²) in [6.07, 6.45) is -0.668. The first-order valence-corrected chi connectivity index (χ1v) is 12.3. The number of hydrogen-bond donors (Lipinski definition) is 1. The Hall–Kier alpha value is -4.11. The third kappa shape index (κ3) is 3.60. The van der Waals surface area contributed by atoms with Gasteiger partial charge in [-0.1, -0.05) is 25.1 Å². The number of methoxy groups -OCH3 is 2. The normalized spacial score (nSPS) is 22.6. The van der Waals surface area contributed by atoms with Crippen molar-refractivity contribution in [3.05, 3.63) is 59.2 Å². The zero-order valence-corrected chi connectivity index (χ0v) is 21.5. The van der Waals surface area contributed by atoms with Crippen LogP contribution in [-0.2, 0) is 11.2 Å². The lowest BCUT2D eigenvalue weighted by molar-refractivity contribution is -0.107. The van der Waals surface area contributed by atoms with Gasteiger partial charge in [-0.05, 0) is 49.1 Å². The van der Waals surface area contributed by atoms with E-state index >= 15 is 0 Å². The second kappa shape index (κ2) is 9.02. The van der Waals surface area contributed by atoms with E-state index in [9.17, 15) is 9.90 Å². The summed E-state index contributed by atoms with van der Waals surface area (Å²) in [4.78, 5) is 13.3. The van der Waals surface area contributed by atoms with Crippen molar-refractivity contribution in [2.45, 2.75) is 32.0 Å². The molecule has 9 nitrogen and oxygen atoms in total. The zero-order chi connectivity index (χ0) is 26.6. The third-order valence-corrected chi connectivity index (χ3v) is 7.58. The van der Waals surface area contributed by atoms with Crippen LogP contribution in [0.3, 0.4) is 0 Å². The Morgan fingerprint density at radius 1 is 0.921 bits per heavy atom. The van der Waals surface area contributed by atoms with Gasteiger partial charge in [0.1, 0.15) is 5.60 Å². The zero-order valence-electron chi connectivity index (χ0n) is 21.5. The van der Waals surface area contributed by atoms with Crippen molar-refractivity contribution in [1.29, 1.82) is 0 Å². The molecule has 0 radical (unpaired) electrons. The molecule has 2 heterocycles. The number of benzene rings is 3. The molecule has 6 rings (SSSR count). The number of esters is 1. The summed E-state index contributed by atoms with van der Waals surface area (Å²) in [5.41, 5.74) is 1.47. The molecule has 3 aromatic carbocycles. The highest BCUT2D eigenvalue weighted by Gasteiger charge is 2.47. The molecule has 0 spiro atoms. The van der Waals surface area contributed by atoms with Crippen LogP contribution in [0.5, 0.6) is 34.5 Å². The number of carbonyl (C=O) groups excluding carboxylic acids is 1. The molecule has 198 valence electrons. The quantitative estimate of drug-likeness (QED) is 0.492. The lowest BCUT2D eigenvalue weighted by atomic mass is 9.73. The largest absolute Gasteiger partial charge is 0.492 e. The van der Waals surface area contributed by atoms with E-state index in [1.165, 1.54) is 7.11 Å². The molecule has 0 amide bonds. The van der Waals surface area contributed by atoms with Gasteiger partial charge in [-0.3, -0.25) is 0 Å². The molecular formula is C29H28O9. The Balaban J connectivity index is 1.66. The Bertz CT molecular complexity index is 1410. The van der Waals surface area contributed by atoms with Crippen LogP contribution in [0.1, 0.15) is 41.4 Å². The SMILES string of the molecule is COc1c2c(cc3c1-c1c(cc4c(c1OC)OCO4)[C@H](OC(=O)c1ccccc1)[C@@](C)(O)C(C)C3)OCO2. The van der Waals surface area contributed by atoms with Gasteiger partial charge in [-0.2, -0.15) is 0 Å². The summed E-state index contributed by atoms with van der Waals surface area (Å²) in [6.45, 7) is 3.65. The minimum Gasteiger partial charge on any atom is -0.492 e. The van der Waals surface area contributed by atoms with E-state index in [0.29, 0.717) is 63.2 Å². The van der Waals surface area contributed by atoms with E-state index in [1.54, 1.807) is 44.4 Å². The molecule has 1 unspecified atom stereocenters. The van der Waals surface area contributed by atoms with Crippen LogP contribution in [0.4, 0.5) is 0 Å². The van der Waals surface area contributed by atoms with Gasteiger partial charge in [0.25, 0.3) is 0 Å². The van der Waals surface area contributed by atoms with Gasteiger partial charge >= 0.3 is 5.97 Å². The number of fused-ring (bicyclic) bond motifs is 5. The van der Waals surface area contributed by atoms with Crippen molar-refractivity contribution in [2.75, 3.05) is 27.8 Å². The van der Waals surface area contributed by atoms with Gasteiger partial charge in [-0.25, -0.2) is 4.79 Å². The first kappa shape index (κ1) is 24.2. The Labute approximate surface area is 219 Å². The van der Waals surface area contributed by atoms with E-state index in [1.807, 2.05) is 19.1 Å². The smallest absolute Gasteiger partial charge is 0.338 e. The van der Waals surface area contributed by atoms with E-state index in [4.69, 9.17) is 33.2 Å². The molecule has 9 heteroatoms. The molecular weight excluding hydrogens is 492 g/mol. The molecule has 3 aliphatic rings. The van der Waals surface area contributed by atoms with Gasteiger partial charge in [-0.15, -0.1) is 0 Å². The number of ether oxygens (including phenoxy) is 7. The van der Waals surface area contributed by atoms with Crippen LogP contribution in [-0.4, -0.2) is 44.5 Å². The maximum atomic E-state index is 13.3. The summed E-state index contributed by atoms with van der Waals surface area (Å²) in [7, 11) is 3.09. The molecule has 3 atom stereocenters. The van der Waals surface area contributed by atoms with Crippen LogP contribution in [0.15, 0.2) is 42.5 Å². The molecule has 0 aromatic heterocycles. The standard InChI is InChI=1S/C29H28O9/c1-15-10-17-11-19-23(36-13-34-19)25(32-3)21(17)22-18(12-20-24(26(22)33-4)37-14-35-20)27(29(15,2)31)38-28(30)16-8-6-5-7-9-16/h5-9,11-12,15,27,31H,10,13-14H2,1-4H3/t15?,27-,29-/m0/s1. The van der Waals surface area contributed by atoms with Gasteiger partial charge in [0.05, 0.1) is 19.8 Å². The third-order valence-electron chi connectivity index (χ3n) is 7.58. The predicted molar refractivity (Wildman–Crippen MR) is 135 cm³/mol. The molecule has 3 aromatic rings. The average molecular weight is 521 g/mol. The summed E-state index contributed by atoms with van der Waals surface area (Å²) in [5.74, 6) is 1.77. The summed E-state index contributed by atoms with van der Waals surface area (Å²) in [6, 6.07) is 12.3. The minimum atomic E-state index is -1.49. The van der Waals surface area contributed by atoms with Crippen LogP contribution < -0.4 is 28.4 Å². The fourth-order valence-electron chi connectivity index (χ4n) is 5.43. The fraction of sp³-hybridized carbons (Fsp3) is 0.345. The van der Waals surface area contributed by atoms with E-state index in [2.05, 4.69) is 0 Å². The first-order valence-electron chi connectivity index (χ1n) is 12.3. The van der Waals surface area contributed by atoms with Crippen LogP contribution in [0.25, 0.3) is 11.1 Å². The lowest BCUT2D eigenvalue weighted by Crippen LogP contribution is -2.43. The Kier molecular flexibility index (Phi) is 5.75. The highest BCUT2D eigenvalue weighted by Crippen LogP contribution is 2.59. The molecule has 2 aliphatic heterocycles. The van der Waals surface area contributed by atoms with E-state index in [-0.39, 0.29) is 19.5 Å². The highest BCUT2D eigenvalue weighted by atomic mass is 16.7. The second-order valence-electron chi connectivity index (χ2n) is 9.77. The van der Waals surface area contributed by atoms with Gasteiger partial charge < -0.3 is 38.3 Å². The van der Waals surface area contributed by atoms with Crippen molar-refractivity contribution >= 4 is 5.97 Å². The van der Waals surface area contributed by atoms with Crippen LogP contribution >= 0.6 is 0 Å². The van der Waals surface area contributed by atoms with Crippen LogP contribution in [0.2, 0.25) is 0 Å². The van der Waals surface area contributed by atoms with Crippen molar-refractivity contribution in [3.63, 3.8) is 0 Å². The molecule has 38 heavy (non-hydrogen) atoms. The summed E-state index contributed by atoms with van der Waals surface area (Å²) < 4.78 is 40.9. The molecule has 0 saturated carbocycles. The predicted octanol–water partition coefficient (Wildman–Crippen LogP) is 4.67. The molecule has 0 bridgehead atoms. The number of rotatable bonds is 4. The van der Waals surface area contributed by atoms with Crippen molar-refractivity contribution in [1.82, 2.24) is 0 Å². The van der Waals surface area contributed by atoms with E-state index in [0.717, 1.165) is 5.56 Å². The van der Waals surface area contributed by atoms with Gasteiger partial charge in [0.15, 0.2) is 29.1 Å². The van der Waals surface area contributed by atoms with Crippen molar-refractivity contribution in [2.24, 2.45) is 5.92 Å². The Morgan fingerprint density at radius 3 is 2.16 bits per heavy atom. The van der Waals surface area contributed by atoms with Gasteiger partial charge in [0, 0.05) is 16.7 Å². The first-order chi connectivity index (χ1) is 18.3. The molecule has 0 saturated heterocycles. The van der Waals surface area contributed by atoms with E-state index < -0.39 is 17.7 Å². The maximum Gasteiger partial charge on any atom is 0.338 e. The Morgan fingerprint density at radius 2 is 1.53 bits per heavy atom. The average Bonchev–Trinajstić information content (AvgIpc) is 3.59. The van der Waals surface area contributed by atoms with Crippen LogP contribution in [0, 0.1) is 5.92 Å². The van der Waals surface area contributed by atoms with Gasteiger partial charge in [0.2, 0.25) is 25.1 Å². The number of aliphatic hydroxyl groups is 1.